The van der Waals surface area contributed by atoms with Gasteiger partial charge in [0.1, 0.15) is 7.85 Å². The Balaban J connectivity index is 2.32. The molecule has 0 aromatic carbocycles. The molecule has 0 spiro atoms. The number of nitrogens with one attached hydrogen (secondary N) is 1. The van der Waals surface area contributed by atoms with Gasteiger partial charge in [-0.25, -0.2) is 0 Å². The number of hydrogen-bond donors (Lipinski definition) is 2. The Morgan fingerprint density at radius 1 is 1.14 bits per heavy atom. The Morgan fingerprint density at radius 2 is 1.76 bits per heavy atom. The Bertz CT molecular complexity index is 318. The van der Waals surface area contributed by atoms with Crippen molar-refractivity contribution in [2.24, 2.45) is 11.7 Å². The van der Waals surface area contributed by atoms with Crippen LogP contribution in [0, 0.1) is 5.92 Å². The number of carbonyl (C=O) groups excluding carboxylic acids is 2. The maximum absolute atomic E-state index is 12.0. The van der Waals surface area contributed by atoms with Crippen molar-refractivity contribution >= 4 is 19.7 Å². The highest BCUT2D eigenvalue weighted by Crippen LogP contribution is 2.21. The van der Waals surface area contributed by atoms with E-state index in [9.17, 15) is 9.59 Å². The first kappa shape index (κ1) is 18.0. The number of amides is 2. The summed E-state index contributed by atoms with van der Waals surface area (Å²) in [6.45, 7) is 1.72. The van der Waals surface area contributed by atoms with Crippen LogP contribution in [0.3, 0.4) is 0 Å². The van der Waals surface area contributed by atoms with Crippen molar-refractivity contribution in [1.82, 2.24) is 10.2 Å². The molecule has 6 heteroatoms. The van der Waals surface area contributed by atoms with Crippen molar-refractivity contribution in [3.8, 4) is 0 Å². The van der Waals surface area contributed by atoms with E-state index < -0.39 is 0 Å². The molecule has 120 valence electrons. The Hall–Kier alpha value is -1.04. The molecule has 1 rings (SSSR count). The van der Waals surface area contributed by atoms with Crippen molar-refractivity contribution in [3.05, 3.63) is 0 Å². The summed E-state index contributed by atoms with van der Waals surface area (Å²) in [7, 11) is 1.80. The number of carbonyl (C=O) groups is 2. The Labute approximate surface area is 129 Å². The van der Waals surface area contributed by atoms with Crippen molar-refractivity contribution in [2.75, 3.05) is 26.2 Å². The molecule has 0 atom stereocenters. The van der Waals surface area contributed by atoms with Crippen LogP contribution in [0.1, 0.15) is 44.9 Å². The van der Waals surface area contributed by atoms with Gasteiger partial charge in [0, 0.05) is 19.6 Å². The minimum Gasteiger partial charge on any atom is -0.354 e. The molecule has 0 aliphatic heterocycles. The highest BCUT2D eigenvalue weighted by atomic mass is 16.2. The summed E-state index contributed by atoms with van der Waals surface area (Å²) in [6, 6.07) is 0. The zero-order valence-electron chi connectivity index (χ0n) is 13.4. The summed E-state index contributed by atoms with van der Waals surface area (Å²) >= 11 is 0. The normalized spacial score (nSPS) is 16.8. The van der Waals surface area contributed by atoms with E-state index in [0.29, 0.717) is 25.3 Å². The summed E-state index contributed by atoms with van der Waals surface area (Å²) in [5, 5.41) is 2.99. The topological polar surface area (TPSA) is 75.4 Å². The molecule has 1 aliphatic rings. The van der Waals surface area contributed by atoms with Gasteiger partial charge in [-0.1, -0.05) is 32.1 Å². The summed E-state index contributed by atoms with van der Waals surface area (Å²) in [5.41, 5.74) is 5.50. The highest BCUT2D eigenvalue weighted by Gasteiger charge is 2.16. The lowest BCUT2D eigenvalue weighted by Crippen LogP contribution is -2.43. The average molecular weight is 295 g/mol. The van der Waals surface area contributed by atoms with E-state index in [2.05, 4.69) is 5.32 Å². The number of nitrogens with two attached hydrogens (primary N) is 1. The molecule has 1 saturated carbocycles. The molecule has 0 saturated heterocycles. The van der Waals surface area contributed by atoms with Crippen LogP contribution in [0.5, 0.6) is 0 Å². The van der Waals surface area contributed by atoms with Crippen molar-refractivity contribution in [1.29, 1.82) is 0 Å². The molecular weight excluding hydrogens is 265 g/mol. The van der Waals surface area contributed by atoms with Crippen LogP contribution in [0.2, 0.25) is 6.32 Å². The molecule has 1 aliphatic carbocycles. The first-order valence-corrected chi connectivity index (χ1v) is 8.42. The first-order valence-electron chi connectivity index (χ1n) is 8.42. The predicted octanol–water partition coefficient (Wildman–Crippen LogP) is 0.302. The van der Waals surface area contributed by atoms with Crippen molar-refractivity contribution in [2.45, 2.75) is 51.3 Å². The fourth-order valence-electron chi connectivity index (χ4n) is 2.90. The maximum Gasteiger partial charge on any atom is 0.239 e. The van der Waals surface area contributed by atoms with Crippen LogP contribution >= 0.6 is 0 Å². The third-order valence-electron chi connectivity index (χ3n) is 4.20. The highest BCUT2D eigenvalue weighted by molar-refractivity contribution is 6.19. The SMILES string of the molecule is BCC(=O)N(CCN)CC(=O)NCC1CCCCCCC1. The second-order valence-electron chi connectivity index (χ2n) is 5.97. The molecule has 3 N–H and O–H groups in total. The average Bonchev–Trinajstić information content (AvgIpc) is 2.45. The Kier molecular flexibility index (Phi) is 9.14. The number of nitrogens with zero attached hydrogens (tertiary/aromatic N) is 1. The van der Waals surface area contributed by atoms with Gasteiger partial charge in [-0.3, -0.25) is 9.59 Å². The van der Waals surface area contributed by atoms with E-state index in [1.54, 1.807) is 12.7 Å². The lowest BCUT2D eigenvalue weighted by Gasteiger charge is -2.23. The second-order valence-corrected chi connectivity index (χ2v) is 5.97. The molecule has 0 aromatic heterocycles. The molecule has 0 bridgehead atoms. The van der Waals surface area contributed by atoms with E-state index in [4.69, 9.17) is 5.73 Å². The van der Waals surface area contributed by atoms with Gasteiger partial charge < -0.3 is 16.0 Å². The molecule has 0 unspecified atom stereocenters. The van der Waals surface area contributed by atoms with Crippen LogP contribution in [0.15, 0.2) is 0 Å². The third kappa shape index (κ3) is 7.51. The summed E-state index contributed by atoms with van der Waals surface area (Å²) in [5.74, 6) is 0.521. The summed E-state index contributed by atoms with van der Waals surface area (Å²) in [4.78, 5) is 25.3. The quantitative estimate of drug-likeness (QED) is 0.663. The van der Waals surface area contributed by atoms with Crippen molar-refractivity contribution in [3.63, 3.8) is 0 Å². The van der Waals surface area contributed by atoms with Crippen LogP contribution in [-0.4, -0.2) is 50.7 Å². The third-order valence-corrected chi connectivity index (χ3v) is 4.20. The van der Waals surface area contributed by atoms with Gasteiger partial charge in [-0.05, 0) is 25.1 Å². The largest absolute Gasteiger partial charge is 0.354 e. The predicted molar refractivity (Wildman–Crippen MR) is 87.8 cm³/mol. The second kappa shape index (κ2) is 10.7. The fraction of sp³-hybridized carbons (Fsp3) is 0.867. The van der Waals surface area contributed by atoms with Crippen LogP contribution in [0.25, 0.3) is 0 Å². The standard InChI is InChI=1S/C15H30BN3O2/c16-10-15(21)19(9-8-17)12-14(20)18-11-13-6-4-2-1-3-5-7-13/h13H,1-12,16-17H2,(H,18,20). The molecule has 1 fully saturated rings. The lowest BCUT2D eigenvalue weighted by atomic mass is 9.91. The van der Waals surface area contributed by atoms with Gasteiger partial charge in [0.2, 0.25) is 11.8 Å². The molecule has 0 radical (unpaired) electrons. The van der Waals surface area contributed by atoms with Crippen molar-refractivity contribution < 1.29 is 9.59 Å². The molecule has 2 amide bonds. The first-order chi connectivity index (χ1) is 10.2. The van der Waals surface area contributed by atoms with E-state index in [1.807, 2.05) is 0 Å². The molecule has 0 heterocycles. The summed E-state index contributed by atoms with van der Waals surface area (Å²) in [6.07, 6.45) is 9.37. The maximum atomic E-state index is 12.0. The van der Waals surface area contributed by atoms with Gasteiger partial charge in [0.25, 0.3) is 0 Å². The molecule has 0 aromatic rings. The van der Waals surface area contributed by atoms with Crippen LogP contribution in [0.4, 0.5) is 0 Å². The Morgan fingerprint density at radius 3 is 2.33 bits per heavy atom. The van der Waals surface area contributed by atoms with Crippen LogP contribution in [-0.2, 0) is 9.59 Å². The van der Waals surface area contributed by atoms with Gasteiger partial charge in [0.05, 0.1) is 6.54 Å². The lowest BCUT2D eigenvalue weighted by molar-refractivity contribution is -0.134. The smallest absolute Gasteiger partial charge is 0.239 e. The monoisotopic (exact) mass is 295 g/mol. The van der Waals surface area contributed by atoms with E-state index in [0.717, 1.165) is 6.54 Å². The van der Waals surface area contributed by atoms with Gasteiger partial charge >= 0.3 is 0 Å². The van der Waals surface area contributed by atoms with Gasteiger partial charge in [0.15, 0.2) is 0 Å². The van der Waals surface area contributed by atoms with E-state index >= 15 is 0 Å². The number of rotatable bonds is 7. The van der Waals surface area contributed by atoms with E-state index in [1.165, 1.54) is 44.9 Å². The fourth-order valence-corrected chi connectivity index (χ4v) is 2.90. The minimum atomic E-state index is -0.0627. The zero-order chi connectivity index (χ0) is 15.5. The van der Waals surface area contributed by atoms with Gasteiger partial charge in [-0.15, -0.1) is 0 Å². The molecule has 5 nitrogen and oxygen atoms in total. The van der Waals surface area contributed by atoms with E-state index in [-0.39, 0.29) is 18.4 Å². The minimum absolute atomic E-state index is 0.0125. The zero-order valence-corrected chi connectivity index (χ0v) is 13.4. The molecular formula is C15H30BN3O2. The van der Waals surface area contributed by atoms with Crippen LogP contribution < -0.4 is 11.1 Å². The summed E-state index contributed by atoms with van der Waals surface area (Å²) < 4.78 is 0. The van der Waals surface area contributed by atoms with Gasteiger partial charge in [-0.2, -0.15) is 0 Å². The number of hydrogen-bond acceptors (Lipinski definition) is 3. The molecule has 21 heavy (non-hydrogen) atoms.